The van der Waals surface area contributed by atoms with Crippen LogP contribution in [0, 0.1) is 0 Å². The normalized spacial score (nSPS) is 10.4. The number of rotatable bonds is 6. The Balaban J connectivity index is 1.89. The van der Waals surface area contributed by atoms with Gasteiger partial charge in [0, 0.05) is 6.54 Å². The average molecular weight is 231 g/mol. The van der Waals surface area contributed by atoms with Gasteiger partial charge < -0.3 is 9.30 Å². The van der Waals surface area contributed by atoms with Crippen molar-refractivity contribution in [1.82, 2.24) is 14.8 Å². The third-order valence-electron chi connectivity index (χ3n) is 2.52. The van der Waals surface area contributed by atoms with Gasteiger partial charge in [-0.15, -0.1) is 10.2 Å². The standard InChI is InChI=1S/C13H17N3O/c1-2-3-8-17-13-6-4-12(5-7-13)9-16-10-14-15-11-16/h4-7,10-11H,2-3,8-9H2,1H3. The smallest absolute Gasteiger partial charge is 0.119 e. The van der Waals surface area contributed by atoms with E-state index < -0.39 is 0 Å². The maximum atomic E-state index is 5.61. The molecule has 0 atom stereocenters. The lowest BCUT2D eigenvalue weighted by Gasteiger charge is -2.06. The van der Waals surface area contributed by atoms with Gasteiger partial charge in [-0.05, 0) is 24.1 Å². The molecule has 4 heteroatoms. The predicted molar refractivity (Wildman–Crippen MR) is 66.0 cm³/mol. The Hall–Kier alpha value is -1.84. The SMILES string of the molecule is CCCCOc1ccc(Cn2cnnc2)cc1. The molecule has 0 saturated heterocycles. The van der Waals surface area contributed by atoms with Crippen LogP contribution in [-0.2, 0) is 6.54 Å². The summed E-state index contributed by atoms with van der Waals surface area (Å²) in [4.78, 5) is 0. The first kappa shape index (κ1) is 11.6. The van der Waals surface area contributed by atoms with Crippen LogP contribution in [0.15, 0.2) is 36.9 Å². The van der Waals surface area contributed by atoms with Crippen LogP contribution < -0.4 is 4.74 Å². The molecule has 2 aromatic rings. The maximum absolute atomic E-state index is 5.61. The van der Waals surface area contributed by atoms with Gasteiger partial charge in [0.25, 0.3) is 0 Å². The molecule has 4 nitrogen and oxygen atoms in total. The highest BCUT2D eigenvalue weighted by molar-refractivity contribution is 5.27. The Labute approximate surface area is 101 Å². The van der Waals surface area contributed by atoms with Gasteiger partial charge in [0.1, 0.15) is 18.4 Å². The fraction of sp³-hybridized carbons (Fsp3) is 0.385. The maximum Gasteiger partial charge on any atom is 0.119 e. The van der Waals surface area contributed by atoms with Crippen LogP contribution in [0.1, 0.15) is 25.3 Å². The van der Waals surface area contributed by atoms with Gasteiger partial charge in [-0.3, -0.25) is 0 Å². The lowest BCUT2D eigenvalue weighted by molar-refractivity contribution is 0.309. The van der Waals surface area contributed by atoms with E-state index in [1.807, 2.05) is 16.7 Å². The molecule has 0 fully saturated rings. The number of ether oxygens (including phenoxy) is 1. The Morgan fingerprint density at radius 1 is 1.12 bits per heavy atom. The molecule has 0 N–H and O–H groups in total. The van der Waals surface area contributed by atoms with Crippen molar-refractivity contribution in [2.45, 2.75) is 26.3 Å². The van der Waals surface area contributed by atoms with Gasteiger partial charge >= 0.3 is 0 Å². The van der Waals surface area contributed by atoms with Gasteiger partial charge in [-0.1, -0.05) is 25.5 Å². The van der Waals surface area contributed by atoms with E-state index in [1.165, 1.54) is 5.56 Å². The molecule has 0 aliphatic heterocycles. The number of hydrogen-bond donors (Lipinski definition) is 0. The first-order chi connectivity index (χ1) is 8.38. The van der Waals surface area contributed by atoms with E-state index in [1.54, 1.807) is 12.7 Å². The second kappa shape index (κ2) is 6.03. The summed E-state index contributed by atoms with van der Waals surface area (Å²) in [5, 5.41) is 7.55. The van der Waals surface area contributed by atoms with Crippen LogP contribution >= 0.6 is 0 Å². The van der Waals surface area contributed by atoms with Crippen LogP contribution in [0.3, 0.4) is 0 Å². The van der Waals surface area contributed by atoms with Crippen molar-refractivity contribution < 1.29 is 4.74 Å². The van der Waals surface area contributed by atoms with E-state index in [0.29, 0.717) is 0 Å². The second-order valence-corrected chi connectivity index (χ2v) is 3.98. The molecule has 0 saturated carbocycles. The summed E-state index contributed by atoms with van der Waals surface area (Å²) in [6, 6.07) is 8.16. The van der Waals surface area contributed by atoms with E-state index in [-0.39, 0.29) is 0 Å². The minimum atomic E-state index is 0.793. The molecule has 0 amide bonds. The fourth-order valence-corrected chi connectivity index (χ4v) is 1.54. The van der Waals surface area contributed by atoms with E-state index in [9.17, 15) is 0 Å². The van der Waals surface area contributed by atoms with Gasteiger partial charge in [-0.2, -0.15) is 0 Å². The first-order valence-electron chi connectivity index (χ1n) is 5.92. The van der Waals surface area contributed by atoms with Crippen LogP contribution in [-0.4, -0.2) is 21.4 Å². The lowest BCUT2D eigenvalue weighted by Crippen LogP contribution is -1.98. The molecule has 0 aliphatic carbocycles. The second-order valence-electron chi connectivity index (χ2n) is 3.98. The molecule has 2 rings (SSSR count). The Morgan fingerprint density at radius 2 is 1.82 bits per heavy atom. The van der Waals surface area contributed by atoms with Gasteiger partial charge in [0.2, 0.25) is 0 Å². The number of benzene rings is 1. The third kappa shape index (κ3) is 3.59. The number of nitrogens with zero attached hydrogens (tertiary/aromatic N) is 3. The highest BCUT2D eigenvalue weighted by Crippen LogP contribution is 2.13. The molecule has 0 unspecified atom stereocenters. The quantitative estimate of drug-likeness (QED) is 0.717. The number of aromatic nitrogens is 3. The molecular formula is C13H17N3O. The van der Waals surface area contributed by atoms with Gasteiger partial charge in [0.05, 0.1) is 6.61 Å². The van der Waals surface area contributed by atoms with E-state index in [2.05, 4.69) is 29.3 Å². The topological polar surface area (TPSA) is 39.9 Å². The molecule has 0 bridgehead atoms. The summed E-state index contributed by atoms with van der Waals surface area (Å²) in [7, 11) is 0. The summed E-state index contributed by atoms with van der Waals surface area (Å²) < 4.78 is 7.54. The minimum Gasteiger partial charge on any atom is -0.494 e. The molecule has 90 valence electrons. The highest BCUT2D eigenvalue weighted by Gasteiger charge is 1.97. The largest absolute Gasteiger partial charge is 0.494 e. The Kier molecular flexibility index (Phi) is 4.13. The van der Waals surface area contributed by atoms with Gasteiger partial charge in [-0.25, -0.2) is 0 Å². The first-order valence-corrected chi connectivity index (χ1v) is 5.92. The molecule has 0 spiro atoms. The van der Waals surface area contributed by atoms with Crippen molar-refractivity contribution >= 4 is 0 Å². The summed E-state index contributed by atoms with van der Waals surface area (Å²) in [5.41, 5.74) is 1.22. The fourth-order valence-electron chi connectivity index (χ4n) is 1.54. The predicted octanol–water partition coefficient (Wildman–Crippen LogP) is 2.51. The molecule has 17 heavy (non-hydrogen) atoms. The Morgan fingerprint density at radius 3 is 2.47 bits per heavy atom. The number of hydrogen-bond acceptors (Lipinski definition) is 3. The van der Waals surface area contributed by atoms with Gasteiger partial charge in [0.15, 0.2) is 0 Å². The number of unbranched alkanes of at least 4 members (excludes halogenated alkanes) is 1. The van der Waals surface area contributed by atoms with Crippen LogP contribution in [0.25, 0.3) is 0 Å². The molecule has 0 radical (unpaired) electrons. The zero-order chi connectivity index (χ0) is 11.9. The molecule has 1 heterocycles. The monoisotopic (exact) mass is 231 g/mol. The summed E-state index contributed by atoms with van der Waals surface area (Å²) in [5.74, 6) is 0.936. The van der Waals surface area contributed by atoms with Crippen molar-refractivity contribution in [2.75, 3.05) is 6.61 Å². The van der Waals surface area contributed by atoms with E-state index in [0.717, 1.165) is 31.7 Å². The molecular weight excluding hydrogens is 214 g/mol. The van der Waals surface area contributed by atoms with Crippen LogP contribution in [0.4, 0.5) is 0 Å². The van der Waals surface area contributed by atoms with E-state index in [4.69, 9.17) is 4.74 Å². The highest BCUT2D eigenvalue weighted by atomic mass is 16.5. The zero-order valence-corrected chi connectivity index (χ0v) is 10.0. The average Bonchev–Trinajstić information content (AvgIpc) is 2.85. The lowest BCUT2D eigenvalue weighted by atomic mass is 10.2. The summed E-state index contributed by atoms with van der Waals surface area (Å²) in [6.07, 6.45) is 5.69. The third-order valence-corrected chi connectivity index (χ3v) is 2.52. The van der Waals surface area contributed by atoms with Crippen LogP contribution in [0.2, 0.25) is 0 Å². The van der Waals surface area contributed by atoms with Crippen molar-refractivity contribution in [2.24, 2.45) is 0 Å². The van der Waals surface area contributed by atoms with E-state index >= 15 is 0 Å². The molecule has 1 aromatic heterocycles. The van der Waals surface area contributed by atoms with Crippen molar-refractivity contribution in [3.05, 3.63) is 42.5 Å². The minimum absolute atomic E-state index is 0.793. The zero-order valence-electron chi connectivity index (χ0n) is 10.0. The van der Waals surface area contributed by atoms with Crippen molar-refractivity contribution in [3.63, 3.8) is 0 Å². The molecule has 1 aromatic carbocycles. The van der Waals surface area contributed by atoms with Crippen molar-refractivity contribution in [3.8, 4) is 5.75 Å². The molecule has 0 aliphatic rings. The van der Waals surface area contributed by atoms with Crippen molar-refractivity contribution in [1.29, 1.82) is 0 Å². The Bertz CT molecular complexity index is 422. The summed E-state index contributed by atoms with van der Waals surface area (Å²) >= 11 is 0. The summed E-state index contributed by atoms with van der Waals surface area (Å²) in [6.45, 7) is 3.75. The van der Waals surface area contributed by atoms with Crippen LogP contribution in [0.5, 0.6) is 5.75 Å².